The van der Waals surface area contributed by atoms with Gasteiger partial charge in [0.2, 0.25) is 11.8 Å². The van der Waals surface area contributed by atoms with Crippen LogP contribution in [0.4, 0.5) is 5.69 Å². The third kappa shape index (κ3) is 5.39. The Labute approximate surface area is 161 Å². The molecule has 1 aliphatic heterocycles. The van der Waals surface area contributed by atoms with E-state index in [1.165, 1.54) is 6.92 Å². The highest BCUT2D eigenvalue weighted by molar-refractivity contribution is 7.99. The van der Waals surface area contributed by atoms with Crippen molar-refractivity contribution in [2.45, 2.75) is 25.0 Å². The Kier molecular flexibility index (Phi) is 5.95. The second kappa shape index (κ2) is 8.22. The Bertz CT molecular complexity index is 955. The van der Waals surface area contributed by atoms with Crippen molar-refractivity contribution in [1.82, 2.24) is 10.2 Å². The van der Waals surface area contributed by atoms with E-state index in [0.29, 0.717) is 30.0 Å². The van der Waals surface area contributed by atoms with Gasteiger partial charge < -0.3 is 9.73 Å². The van der Waals surface area contributed by atoms with Gasteiger partial charge in [0, 0.05) is 12.0 Å². The van der Waals surface area contributed by atoms with Gasteiger partial charge in [-0.15, -0.1) is 10.2 Å². The molecular weight excluding hydrogens is 390 g/mol. The number of amides is 1. The zero-order valence-electron chi connectivity index (χ0n) is 14.7. The molecule has 27 heavy (non-hydrogen) atoms. The largest absolute Gasteiger partial charge is 0.416 e. The summed E-state index contributed by atoms with van der Waals surface area (Å²) in [4.78, 5) is 23.7. The maximum absolute atomic E-state index is 12.1. The molecule has 0 aliphatic carbocycles. The molecule has 1 N–H and O–H groups in total. The summed E-state index contributed by atoms with van der Waals surface area (Å²) in [7, 11) is -2.94. The number of rotatable bonds is 7. The first-order valence-corrected chi connectivity index (χ1v) is 11.2. The van der Waals surface area contributed by atoms with Gasteiger partial charge in [-0.1, -0.05) is 23.9 Å². The second-order valence-electron chi connectivity index (χ2n) is 6.37. The number of sulfone groups is 1. The van der Waals surface area contributed by atoms with Crippen LogP contribution in [-0.4, -0.2) is 47.6 Å². The van der Waals surface area contributed by atoms with E-state index in [1.807, 2.05) is 0 Å². The number of anilines is 1. The molecule has 1 aromatic heterocycles. The van der Waals surface area contributed by atoms with E-state index in [9.17, 15) is 18.0 Å². The van der Waals surface area contributed by atoms with E-state index >= 15 is 0 Å². The lowest BCUT2D eigenvalue weighted by Crippen LogP contribution is -2.16. The van der Waals surface area contributed by atoms with Crippen molar-refractivity contribution in [3.63, 3.8) is 0 Å². The minimum absolute atomic E-state index is 0.000295. The number of carbonyl (C=O) groups is 2. The van der Waals surface area contributed by atoms with E-state index in [2.05, 4.69) is 15.5 Å². The lowest BCUT2D eigenvalue weighted by atomic mass is 10.1. The van der Waals surface area contributed by atoms with Crippen LogP contribution in [0.2, 0.25) is 0 Å². The number of hydrogen-bond acceptors (Lipinski definition) is 8. The molecule has 0 saturated carbocycles. The summed E-state index contributed by atoms with van der Waals surface area (Å²) in [6, 6.07) is 6.79. The van der Waals surface area contributed by atoms with E-state index < -0.39 is 9.84 Å². The summed E-state index contributed by atoms with van der Waals surface area (Å²) < 4.78 is 28.5. The Morgan fingerprint density at radius 1 is 1.30 bits per heavy atom. The number of ketones is 1. The molecule has 8 nitrogen and oxygen atoms in total. The summed E-state index contributed by atoms with van der Waals surface area (Å²) >= 11 is 1.09. The van der Waals surface area contributed by atoms with Gasteiger partial charge in [-0.2, -0.15) is 0 Å². The molecular formula is C17H19N3O5S2. The van der Waals surface area contributed by atoms with Crippen LogP contribution in [0.5, 0.6) is 0 Å². The zero-order valence-corrected chi connectivity index (χ0v) is 16.3. The number of para-hydroxylation sites is 1. The zero-order chi connectivity index (χ0) is 19.4. The second-order valence-corrected chi connectivity index (χ2v) is 9.53. The molecule has 1 saturated heterocycles. The van der Waals surface area contributed by atoms with Crippen molar-refractivity contribution < 1.29 is 22.4 Å². The van der Waals surface area contributed by atoms with Crippen LogP contribution in [-0.2, 0) is 21.1 Å². The minimum atomic E-state index is -2.94. The van der Waals surface area contributed by atoms with Crippen molar-refractivity contribution in [3.05, 3.63) is 35.7 Å². The molecule has 0 unspecified atom stereocenters. The molecule has 1 aliphatic rings. The fraction of sp³-hybridized carbons (Fsp3) is 0.412. The van der Waals surface area contributed by atoms with E-state index in [-0.39, 0.29) is 40.1 Å². The molecule has 1 atom stereocenters. The Balaban J connectivity index is 1.51. The van der Waals surface area contributed by atoms with Crippen LogP contribution in [0.1, 0.15) is 29.6 Å². The maximum atomic E-state index is 12.1. The first kappa shape index (κ1) is 19.6. The molecule has 1 fully saturated rings. The molecule has 0 radical (unpaired) electrons. The minimum Gasteiger partial charge on any atom is -0.416 e. The standard InChI is InChI=1S/C17H19N3O5S2/c1-11(21)13-4-2-3-5-14(13)18-15(22)9-26-17-20-19-16(25-17)8-12-6-7-27(23,24)10-12/h2-5,12H,6-10H2,1H3,(H,18,22)/t12-/m1/s1. The average molecular weight is 409 g/mol. The summed E-state index contributed by atoms with van der Waals surface area (Å²) in [6.07, 6.45) is 1.02. The van der Waals surface area contributed by atoms with Crippen molar-refractivity contribution in [3.8, 4) is 0 Å². The van der Waals surface area contributed by atoms with Crippen LogP contribution < -0.4 is 5.32 Å². The topological polar surface area (TPSA) is 119 Å². The van der Waals surface area contributed by atoms with E-state index in [1.54, 1.807) is 24.3 Å². The molecule has 10 heteroatoms. The first-order valence-electron chi connectivity index (χ1n) is 8.38. The molecule has 2 heterocycles. The van der Waals surface area contributed by atoms with Gasteiger partial charge in [0.05, 0.1) is 22.9 Å². The van der Waals surface area contributed by atoms with Crippen LogP contribution in [0.25, 0.3) is 0 Å². The van der Waals surface area contributed by atoms with Crippen LogP contribution >= 0.6 is 11.8 Å². The number of benzene rings is 1. The highest BCUT2D eigenvalue weighted by Gasteiger charge is 2.29. The van der Waals surface area contributed by atoms with Crippen molar-refractivity contribution in [1.29, 1.82) is 0 Å². The molecule has 0 bridgehead atoms. The molecule has 2 aromatic rings. The quantitative estimate of drug-likeness (QED) is 0.544. The number of thioether (sulfide) groups is 1. The van der Waals surface area contributed by atoms with Gasteiger partial charge in [-0.3, -0.25) is 9.59 Å². The monoisotopic (exact) mass is 409 g/mol. The van der Waals surface area contributed by atoms with E-state index in [4.69, 9.17) is 4.42 Å². The molecule has 0 spiro atoms. The normalized spacial score (nSPS) is 18.3. The van der Waals surface area contributed by atoms with Crippen molar-refractivity contribution >= 4 is 39.0 Å². The Morgan fingerprint density at radius 3 is 2.78 bits per heavy atom. The molecule has 3 rings (SSSR count). The van der Waals surface area contributed by atoms with Gasteiger partial charge in [0.1, 0.15) is 0 Å². The fourth-order valence-electron chi connectivity index (χ4n) is 2.87. The summed E-state index contributed by atoms with van der Waals surface area (Å²) in [5.74, 6) is 0.350. The predicted molar refractivity (Wildman–Crippen MR) is 101 cm³/mol. The number of Topliss-reactive ketones (excluding diaryl/α,β-unsaturated/α-hetero) is 1. The average Bonchev–Trinajstić information content (AvgIpc) is 3.19. The van der Waals surface area contributed by atoms with Crippen molar-refractivity contribution in [2.75, 3.05) is 22.6 Å². The number of nitrogens with one attached hydrogen (secondary N) is 1. The summed E-state index contributed by atoms with van der Waals surface area (Å²) in [5.41, 5.74) is 0.909. The Morgan fingerprint density at radius 2 is 2.07 bits per heavy atom. The van der Waals surface area contributed by atoms with Crippen LogP contribution in [0.3, 0.4) is 0 Å². The van der Waals surface area contributed by atoms with Gasteiger partial charge in [-0.25, -0.2) is 8.42 Å². The van der Waals surface area contributed by atoms with Gasteiger partial charge in [0.15, 0.2) is 15.6 Å². The lowest BCUT2D eigenvalue weighted by molar-refractivity contribution is -0.113. The predicted octanol–water partition coefficient (Wildman–Crippen LogP) is 1.98. The number of hydrogen-bond donors (Lipinski definition) is 1. The smallest absolute Gasteiger partial charge is 0.277 e. The SMILES string of the molecule is CC(=O)c1ccccc1NC(=O)CSc1nnc(C[C@H]2CCS(=O)(=O)C2)o1. The van der Waals surface area contributed by atoms with Crippen molar-refractivity contribution in [2.24, 2.45) is 5.92 Å². The third-order valence-electron chi connectivity index (χ3n) is 4.15. The van der Waals surface area contributed by atoms with Gasteiger partial charge >= 0.3 is 0 Å². The lowest BCUT2D eigenvalue weighted by Gasteiger charge is -2.08. The van der Waals surface area contributed by atoms with Crippen LogP contribution in [0.15, 0.2) is 33.9 Å². The number of nitrogens with zero attached hydrogens (tertiary/aromatic N) is 2. The molecule has 144 valence electrons. The van der Waals surface area contributed by atoms with Gasteiger partial charge in [-0.05, 0) is 31.4 Å². The van der Waals surface area contributed by atoms with Crippen LogP contribution in [0, 0.1) is 5.92 Å². The van der Waals surface area contributed by atoms with Gasteiger partial charge in [0.25, 0.3) is 5.22 Å². The fourth-order valence-corrected chi connectivity index (χ4v) is 5.31. The highest BCUT2D eigenvalue weighted by Crippen LogP contribution is 2.24. The number of aromatic nitrogens is 2. The molecule has 1 aromatic carbocycles. The maximum Gasteiger partial charge on any atom is 0.277 e. The third-order valence-corrected chi connectivity index (χ3v) is 6.80. The number of carbonyl (C=O) groups excluding carboxylic acids is 2. The summed E-state index contributed by atoms with van der Waals surface area (Å²) in [5, 5.41) is 10.8. The summed E-state index contributed by atoms with van der Waals surface area (Å²) in [6.45, 7) is 1.44. The first-order chi connectivity index (χ1) is 12.8. The molecule has 1 amide bonds. The highest BCUT2D eigenvalue weighted by atomic mass is 32.2. The Hall–Kier alpha value is -2.20. The van der Waals surface area contributed by atoms with E-state index in [0.717, 1.165) is 11.8 Å².